The highest BCUT2D eigenvalue weighted by atomic mass is 35.5. The highest BCUT2D eigenvalue weighted by Crippen LogP contribution is 2.29. The Balaban J connectivity index is 1.43. The quantitative estimate of drug-likeness (QED) is 0.389. The van der Waals surface area contributed by atoms with E-state index in [4.69, 9.17) is 21.8 Å². The number of H-pyrrole nitrogens is 1. The lowest BCUT2D eigenvalue weighted by Gasteiger charge is -2.32. The molecule has 11 heteroatoms. The van der Waals surface area contributed by atoms with Gasteiger partial charge in [-0.3, -0.25) is 14.3 Å². The number of rotatable bonds is 5. The van der Waals surface area contributed by atoms with Crippen molar-refractivity contribution in [2.75, 3.05) is 13.1 Å². The monoisotopic (exact) mass is 516 g/mol. The van der Waals surface area contributed by atoms with E-state index >= 15 is 0 Å². The molecule has 37 heavy (non-hydrogen) atoms. The molecule has 0 unspecified atom stereocenters. The van der Waals surface area contributed by atoms with Crippen LogP contribution in [0.5, 0.6) is 0 Å². The maximum absolute atomic E-state index is 13.3. The molecule has 1 aliphatic heterocycles. The zero-order valence-electron chi connectivity index (χ0n) is 20.5. The number of amides is 2. The minimum absolute atomic E-state index is 0.0471. The van der Waals surface area contributed by atoms with Gasteiger partial charge in [-0.2, -0.15) is 10.4 Å². The van der Waals surface area contributed by atoms with Gasteiger partial charge < -0.3 is 15.2 Å². The van der Waals surface area contributed by atoms with Crippen molar-refractivity contribution in [2.45, 2.75) is 25.8 Å². The summed E-state index contributed by atoms with van der Waals surface area (Å²) >= 11 is 6.15. The molecule has 1 fully saturated rings. The number of benzene rings is 1. The van der Waals surface area contributed by atoms with Crippen LogP contribution in [-0.4, -0.2) is 60.6 Å². The molecular formula is C26H25ClN8O2. The molecule has 3 aromatic heterocycles. The van der Waals surface area contributed by atoms with E-state index in [1.807, 2.05) is 19.2 Å². The second kappa shape index (κ2) is 9.67. The molecule has 2 amide bonds. The topological polar surface area (TPSA) is 133 Å². The first-order valence-corrected chi connectivity index (χ1v) is 12.3. The van der Waals surface area contributed by atoms with Crippen molar-refractivity contribution in [3.63, 3.8) is 0 Å². The Kier molecular flexibility index (Phi) is 6.39. The van der Waals surface area contributed by atoms with Gasteiger partial charge in [-0.1, -0.05) is 18.2 Å². The number of hydrogen-bond donors (Lipinski definition) is 2. The van der Waals surface area contributed by atoms with Crippen molar-refractivity contribution < 1.29 is 9.59 Å². The number of carbonyl (C=O) groups is 2. The van der Waals surface area contributed by atoms with Gasteiger partial charge in [0.05, 0.1) is 23.3 Å². The van der Waals surface area contributed by atoms with E-state index in [-0.39, 0.29) is 17.4 Å². The zero-order valence-corrected chi connectivity index (χ0v) is 21.2. The number of aryl methyl sites for hydroxylation is 1. The summed E-state index contributed by atoms with van der Waals surface area (Å²) < 4.78 is 1.72. The van der Waals surface area contributed by atoms with Crippen LogP contribution in [0.15, 0.2) is 42.7 Å². The van der Waals surface area contributed by atoms with Crippen molar-refractivity contribution in [3.05, 3.63) is 53.3 Å². The second-order valence-electron chi connectivity index (χ2n) is 9.27. The van der Waals surface area contributed by atoms with Crippen LogP contribution in [0.25, 0.3) is 33.5 Å². The number of piperidine rings is 1. The summed E-state index contributed by atoms with van der Waals surface area (Å²) in [5.41, 5.74) is 3.55. The van der Waals surface area contributed by atoms with Gasteiger partial charge in [0.15, 0.2) is 5.65 Å². The number of nitrogens with one attached hydrogen (secondary N) is 2. The lowest BCUT2D eigenvalue weighted by atomic mass is 9.97. The molecule has 0 bridgehead atoms. The number of halogens is 1. The van der Waals surface area contributed by atoms with Gasteiger partial charge >= 0.3 is 0 Å². The van der Waals surface area contributed by atoms with Crippen LogP contribution in [0.4, 0.5) is 0 Å². The molecule has 4 heterocycles. The SMILES string of the molecule is C=C(C)[C@@H](NC(=O)c1c[nH]c2ncc(-c3nn(C)c4cc(Cl)ccc34)nc12)C(=O)N1CCC(C#N)CC1. The van der Waals surface area contributed by atoms with E-state index in [1.165, 1.54) is 6.20 Å². The molecular weight excluding hydrogens is 492 g/mol. The maximum Gasteiger partial charge on any atom is 0.256 e. The summed E-state index contributed by atoms with van der Waals surface area (Å²) in [6.45, 7) is 6.57. The number of carbonyl (C=O) groups excluding carboxylic acids is 2. The molecule has 1 aromatic carbocycles. The van der Waals surface area contributed by atoms with E-state index in [0.717, 1.165) is 10.9 Å². The van der Waals surface area contributed by atoms with E-state index < -0.39 is 11.9 Å². The van der Waals surface area contributed by atoms with Crippen LogP contribution in [0.1, 0.15) is 30.1 Å². The fourth-order valence-corrected chi connectivity index (χ4v) is 4.78. The number of nitriles is 1. The predicted molar refractivity (Wildman–Crippen MR) is 140 cm³/mol. The highest BCUT2D eigenvalue weighted by molar-refractivity contribution is 6.31. The summed E-state index contributed by atoms with van der Waals surface area (Å²) in [5, 5.41) is 18.0. The van der Waals surface area contributed by atoms with E-state index in [9.17, 15) is 9.59 Å². The first-order valence-electron chi connectivity index (χ1n) is 11.9. The molecule has 0 spiro atoms. The van der Waals surface area contributed by atoms with Crippen molar-refractivity contribution >= 4 is 45.5 Å². The van der Waals surface area contributed by atoms with Crippen molar-refractivity contribution in [2.24, 2.45) is 13.0 Å². The first kappa shape index (κ1) is 24.5. The highest BCUT2D eigenvalue weighted by Gasteiger charge is 2.31. The summed E-state index contributed by atoms with van der Waals surface area (Å²) in [6, 6.07) is 6.85. The Morgan fingerprint density at radius 3 is 2.78 bits per heavy atom. The van der Waals surface area contributed by atoms with Gasteiger partial charge in [0.2, 0.25) is 5.91 Å². The molecule has 5 rings (SSSR count). The molecule has 2 N–H and O–H groups in total. The average Bonchev–Trinajstić information content (AvgIpc) is 3.47. The van der Waals surface area contributed by atoms with E-state index in [1.54, 1.807) is 28.8 Å². The van der Waals surface area contributed by atoms with Gasteiger partial charge in [0.25, 0.3) is 5.91 Å². The smallest absolute Gasteiger partial charge is 0.256 e. The molecule has 188 valence electrons. The normalized spacial score (nSPS) is 15.0. The first-order chi connectivity index (χ1) is 17.8. The van der Waals surface area contributed by atoms with Crippen LogP contribution in [0, 0.1) is 17.2 Å². The number of aromatic nitrogens is 5. The van der Waals surface area contributed by atoms with E-state index in [0.29, 0.717) is 59.1 Å². The summed E-state index contributed by atoms with van der Waals surface area (Å²) in [5.74, 6) is -0.750. The molecule has 1 aliphatic rings. The fraction of sp³-hybridized carbons (Fsp3) is 0.308. The summed E-state index contributed by atoms with van der Waals surface area (Å²) in [7, 11) is 1.82. The third-order valence-corrected chi connectivity index (χ3v) is 6.92. The Hall–Kier alpha value is -4.23. The Bertz CT molecular complexity index is 1590. The summed E-state index contributed by atoms with van der Waals surface area (Å²) in [4.78, 5) is 40.3. The van der Waals surface area contributed by atoms with Gasteiger partial charge in [0, 0.05) is 42.7 Å². The van der Waals surface area contributed by atoms with Crippen LogP contribution in [0.3, 0.4) is 0 Å². The Labute approximate surface area is 217 Å². The van der Waals surface area contributed by atoms with Crippen molar-refractivity contribution in [1.29, 1.82) is 5.26 Å². The van der Waals surface area contributed by atoms with Gasteiger partial charge in [0.1, 0.15) is 22.9 Å². The minimum atomic E-state index is -0.892. The van der Waals surface area contributed by atoms with Crippen LogP contribution >= 0.6 is 11.6 Å². The largest absolute Gasteiger partial charge is 0.344 e. The van der Waals surface area contributed by atoms with Crippen molar-refractivity contribution in [1.82, 2.24) is 34.9 Å². The third kappa shape index (κ3) is 4.54. The van der Waals surface area contributed by atoms with Gasteiger partial charge in [-0.15, -0.1) is 0 Å². The molecule has 0 aliphatic carbocycles. The number of likely N-dealkylation sites (tertiary alicyclic amines) is 1. The second-order valence-corrected chi connectivity index (χ2v) is 9.71. The number of fused-ring (bicyclic) bond motifs is 2. The average molecular weight is 517 g/mol. The van der Waals surface area contributed by atoms with Gasteiger partial charge in [-0.25, -0.2) is 9.97 Å². The Morgan fingerprint density at radius 2 is 2.08 bits per heavy atom. The lowest BCUT2D eigenvalue weighted by molar-refractivity contribution is -0.133. The van der Waals surface area contributed by atoms with E-state index in [2.05, 4.69) is 33.0 Å². The number of aromatic amines is 1. The van der Waals surface area contributed by atoms with Gasteiger partial charge in [-0.05, 0) is 43.5 Å². The molecule has 1 atom stereocenters. The molecule has 10 nitrogen and oxygen atoms in total. The molecule has 0 radical (unpaired) electrons. The predicted octanol–water partition coefficient (Wildman–Crippen LogP) is 3.60. The van der Waals surface area contributed by atoms with Crippen LogP contribution in [0.2, 0.25) is 5.02 Å². The number of nitrogens with zero attached hydrogens (tertiary/aromatic N) is 6. The third-order valence-electron chi connectivity index (χ3n) is 6.69. The summed E-state index contributed by atoms with van der Waals surface area (Å²) in [6.07, 6.45) is 4.36. The van der Waals surface area contributed by atoms with Crippen LogP contribution < -0.4 is 5.32 Å². The number of hydrogen-bond acceptors (Lipinski definition) is 6. The maximum atomic E-state index is 13.3. The molecule has 4 aromatic rings. The standard InChI is InChI=1S/C26H25ClN8O2/c1-14(2)21(26(37)35-8-6-15(11-28)7-9-35)32-25(36)18-12-29-24-23(18)31-19(13-30-24)22-17-5-4-16(27)10-20(17)34(3)33-22/h4-5,10,12-13,15,21H,1,6-9H2,2-3H3,(H,29,30)(H,32,36)/t21-/m1/s1. The van der Waals surface area contributed by atoms with Crippen LogP contribution in [-0.2, 0) is 11.8 Å². The lowest BCUT2D eigenvalue weighted by Crippen LogP contribution is -2.51. The fourth-order valence-electron chi connectivity index (χ4n) is 4.61. The Morgan fingerprint density at radius 1 is 1.32 bits per heavy atom. The molecule has 1 saturated heterocycles. The molecule has 0 saturated carbocycles. The minimum Gasteiger partial charge on any atom is -0.344 e. The zero-order chi connectivity index (χ0) is 26.3. The van der Waals surface area contributed by atoms with Crippen molar-refractivity contribution in [3.8, 4) is 17.5 Å².